The van der Waals surface area contributed by atoms with E-state index in [2.05, 4.69) is 0 Å². The largest absolute Gasteiger partial charge is 0.488 e. The SMILES string of the molecule is FS.OB(O)c1ccccc1. The Balaban J connectivity index is 0.000000461. The highest BCUT2D eigenvalue weighted by atomic mass is 32.1. The molecule has 2 nitrogen and oxygen atoms in total. The molecule has 0 radical (unpaired) electrons. The van der Waals surface area contributed by atoms with E-state index in [9.17, 15) is 3.89 Å². The van der Waals surface area contributed by atoms with Gasteiger partial charge in [0.1, 0.15) is 0 Å². The molecule has 0 heterocycles. The van der Waals surface area contributed by atoms with Gasteiger partial charge in [-0.05, 0) is 5.46 Å². The van der Waals surface area contributed by atoms with E-state index >= 15 is 0 Å². The van der Waals surface area contributed by atoms with Gasteiger partial charge in [0.05, 0.1) is 0 Å². The Labute approximate surface area is 70.5 Å². The van der Waals surface area contributed by atoms with Crippen molar-refractivity contribution in [3.8, 4) is 0 Å². The predicted molar refractivity (Wildman–Crippen MR) is 46.4 cm³/mol. The molecule has 5 heteroatoms. The lowest BCUT2D eigenvalue weighted by Gasteiger charge is -1.94. The number of rotatable bonds is 1. The molecule has 0 aliphatic carbocycles. The minimum absolute atomic E-state index is 0.525. The van der Waals surface area contributed by atoms with E-state index < -0.39 is 7.12 Å². The first-order valence-electron chi connectivity index (χ1n) is 2.88. The minimum atomic E-state index is -1.34. The highest BCUT2D eigenvalue weighted by Gasteiger charge is 2.07. The van der Waals surface area contributed by atoms with Crippen LogP contribution in [-0.2, 0) is 0 Å². The molecular weight excluding hydrogens is 166 g/mol. The molecule has 0 aliphatic rings. The number of hydrogen-bond donors (Lipinski definition) is 3. The fourth-order valence-corrected chi connectivity index (χ4v) is 0.625. The van der Waals surface area contributed by atoms with Crippen LogP contribution < -0.4 is 5.46 Å². The van der Waals surface area contributed by atoms with Crippen LogP contribution in [0.25, 0.3) is 0 Å². The number of halogens is 1. The topological polar surface area (TPSA) is 40.5 Å². The Kier molecular flexibility index (Phi) is 5.92. The van der Waals surface area contributed by atoms with Crippen molar-refractivity contribution < 1.29 is 13.9 Å². The van der Waals surface area contributed by atoms with Crippen molar-refractivity contribution in [2.45, 2.75) is 0 Å². The van der Waals surface area contributed by atoms with Gasteiger partial charge in [-0.15, -0.1) is 0 Å². The normalized spacial score (nSPS) is 8.00. The predicted octanol–water partition coefficient (Wildman–Crippen LogP) is 0.167. The average Bonchev–Trinajstić information content (AvgIpc) is 2.10. The fourth-order valence-electron chi connectivity index (χ4n) is 0.625. The van der Waals surface area contributed by atoms with Crippen molar-refractivity contribution in [2.75, 3.05) is 0 Å². The highest BCUT2D eigenvalue weighted by molar-refractivity contribution is 7.74. The summed E-state index contributed by atoms with van der Waals surface area (Å²) in [7, 11) is -1.34. The fraction of sp³-hybridized carbons (Fsp3) is 0. The third-order valence-corrected chi connectivity index (χ3v) is 1.10. The standard InChI is InChI=1S/C6H7BO2.FHS/c8-7(9)6-4-2-1-3-5-6;1-2/h1-5,8-9H;2H. The number of benzene rings is 1. The molecule has 0 saturated carbocycles. The summed E-state index contributed by atoms with van der Waals surface area (Å²) in [6.07, 6.45) is 0. The van der Waals surface area contributed by atoms with Crippen LogP contribution in [-0.4, -0.2) is 17.2 Å². The summed E-state index contributed by atoms with van der Waals surface area (Å²) in [6, 6.07) is 8.66. The van der Waals surface area contributed by atoms with Gasteiger partial charge in [0, 0.05) is 13.0 Å². The maximum Gasteiger partial charge on any atom is 0.488 e. The van der Waals surface area contributed by atoms with E-state index in [1.807, 2.05) is 19.1 Å². The Morgan fingerprint density at radius 2 is 1.55 bits per heavy atom. The molecule has 11 heavy (non-hydrogen) atoms. The van der Waals surface area contributed by atoms with E-state index in [1.165, 1.54) is 0 Å². The zero-order chi connectivity index (χ0) is 8.69. The molecule has 0 bridgehead atoms. The molecule has 1 aromatic carbocycles. The number of thiol groups is 1. The molecule has 0 atom stereocenters. The van der Waals surface area contributed by atoms with Gasteiger partial charge in [0.2, 0.25) is 0 Å². The molecule has 0 amide bonds. The van der Waals surface area contributed by atoms with Crippen molar-refractivity contribution in [3.63, 3.8) is 0 Å². The first-order valence-corrected chi connectivity index (χ1v) is 3.22. The van der Waals surface area contributed by atoms with Crippen molar-refractivity contribution >= 4 is 25.6 Å². The van der Waals surface area contributed by atoms with Gasteiger partial charge >= 0.3 is 7.12 Å². The van der Waals surface area contributed by atoms with E-state index in [4.69, 9.17) is 10.0 Å². The van der Waals surface area contributed by atoms with Gasteiger partial charge in [-0.3, -0.25) is 0 Å². The molecule has 2 N–H and O–H groups in total. The lowest BCUT2D eigenvalue weighted by atomic mass is 9.81. The van der Waals surface area contributed by atoms with Gasteiger partial charge in [-0.2, -0.15) is 3.89 Å². The lowest BCUT2D eigenvalue weighted by Crippen LogP contribution is -2.29. The molecule has 1 rings (SSSR count). The average molecular weight is 174 g/mol. The highest BCUT2D eigenvalue weighted by Crippen LogP contribution is 1.82. The summed E-state index contributed by atoms with van der Waals surface area (Å²) in [5.74, 6) is 0. The molecule has 0 saturated heterocycles. The first kappa shape index (κ1) is 10.5. The van der Waals surface area contributed by atoms with Crippen LogP contribution in [0.1, 0.15) is 0 Å². The van der Waals surface area contributed by atoms with Gasteiger partial charge in [0.15, 0.2) is 0 Å². The maximum atomic E-state index is 9.19. The van der Waals surface area contributed by atoms with Crippen LogP contribution in [0, 0.1) is 0 Å². The van der Waals surface area contributed by atoms with Crippen LogP contribution in [0.5, 0.6) is 0 Å². The monoisotopic (exact) mass is 174 g/mol. The summed E-state index contributed by atoms with van der Waals surface area (Å²) in [5, 5.41) is 17.2. The Morgan fingerprint density at radius 1 is 1.09 bits per heavy atom. The van der Waals surface area contributed by atoms with Crippen molar-refractivity contribution in [1.82, 2.24) is 0 Å². The Morgan fingerprint density at radius 3 is 1.82 bits per heavy atom. The summed E-state index contributed by atoms with van der Waals surface area (Å²) in [6.45, 7) is 0. The quantitative estimate of drug-likeness (QED) is 0.419. The van der Waals surface area contributed by atoms with E-state index in [-0.39, 0.29) is 0 Å². The van der Waals surface area contributed by atoms with Crippen molar-refractivity contribution in [2.24, 2.45) is 0 Å². The molecule has 60 valence electrons. The molecule has 0 spiro atoms. The van der Waals surface area contributed by atoms with E-state index in [0.717, 1.165) is 0 Å². The Bertz CT molecular complexity index is 183. The molecular formula is C6H8BFO2S. The molecule has 1 aromatic rings. The van der Waals surface area contributed by atoms with Gasteiger partial charge in [-0.1, -0.05) is 30.3 Å². The van der Waals surface area contributed by atoms with Gasteiger partial charge in [-0.25, -0.2) is 0 Å². The lowest BCUT2D eigenvalue weighted by molar-refractivity contribution is 0.426. The van der Waals surface area contributed by atoms with E-state index in [0.29, 0.717) is 5.46 Å². The van der Waals surface area contributed by atoms with E-state index in [1.54, 1.807) is 24.3 Å². The summed E-state index contributed by atoms with van der Waals surface area (Å²) in [4.78, 5) is 0. The Hall–Kier alpha value is -0.515. The zero-order valence-corrected chi connectivity index (χ0v) is 6.58. The summed E-state index contributed by atoms with van der Waals surface area (Å²) in [5.41, 5.74) is 0.525. The summed E-state index contributed by atoms with van der Waals surface area (Å²) >= 11 is 2.03. The van der Waals surface area contributed by atoms with Crippen LogP contribution in [0.3, 0.4) is 0 Å². The number of hydrogen-bond acceptors (Lipinski definition) is 3. The molecule has 0 fully saturated rings. The smallest absolute Gasteiger partial charge is 0.423 e. The third kappa shape index (κ3) is 4.03. The first-order chi connectivity index (χ1) is 5.30. The third-order valence-electron chi connectivity index (χ3n) is 1.10. The zero-order valence-electron chi connectivity index (χ0n) is 5.68. The van der Waals surface area contributed by atoms with Crippen LogP contribution in [0.4, 0.5) is 3.89 Å². The van der Waals surface area contributed by atoms with Gasteiger partial charge < -0.3 is 10.0 Å². The second-order valence-electron chi connectivity index (χ2n) is 1.78. The van der Waals surface area contributed by atoms with Crippen molar-refractivity contribution in [1.29, 1.82) is 0 Å². The van der Waals surface area contributed by atoms with Crippen molar-refractivity contribution in [3.05, 3.63) is 30.3 Å². The summed E-state index contributed by atoms with van der Waals surface area (Å²) < 4.78 is 9.19. The van der Waals surface area contributed by atoms with Crippen LogP contribution >= 0.6 is 13.0 Å². The minimum Gasteiger partial charge on any atom is -0.423 e. The maximum absolute atomic E-state index is 9.19. The van der Waals surface area contributed by atoms with Crippen LogP contribution in [0.15, 0.2) is 30.3 Å². The van der Waals surface area contributed by atoms with Gasteiger partial charge in [0.25, 0.3) is 0 Å². The molecule has 0 aromatic heterocycles. The molecule has 0 unspecified atom stereocenters. The molecule has 0 aliphatic heterocycles. The second kappa shape index (κ2) is 6.21. The second-order valence-corrected chi connectivity index (χ2v) is 1.78. The van der Waals surface area contributed by atoms with Crippen LogP contribution in [0.2, 0.25) is 0 Å².